The van der Waals surface area contributed by atoms with Crippen LogP contribution in [0.1, 0.15) is 17.2 Å². The summed E-state index contributed by atoms with van der Waals surface area (Å²) < 4.78 is 0. The van der Waals surface area contributed by atoms with E-state index in [4.69, 9.17) is 5.73 Å². The molecule has 2 heterocycles. The lowest BCUT2D eigenvalue weighted by Crippen LogP contribution is -2.32. The minimum absolute atomic E-state index is 0.178. The van der Waals surface area contributed by atoms with Crippen LogP contribution in [0.2, 0.25) is 0 Å². The van der Waals surface area contributed by atoms with Crippen LogP contribution in [0.15, 0.2) is 60.9 Å². The molecular weight excluding hydrogens is 288 g/mol. The summed E-state index contributed by atoms with van der Waals surface area (Å²) in [4.78, 5) is 19.4. The first kappa shape index (κ1) is 15.0. The standard InChI is InChI=1S/C18H18N4O/c19-11-16(13-5-2-1-3-6-13)22-17(23)9-8-14-12-21-18-15(14)7-4-10-20-18/h1-10,12,16H,11,19H2,(H,20,21)(H,22,23)/b9-8+/t16-/m1/s1. The van der Waals surface area contributed by atoms with Crippen molar-refractivity contribution in [3.63, 3.8) is 0 Å². The van der Waals surface area contributed by atoms with E-state index >= 15 is 0 Å². The maximum Gasteiger partial charge on any atom is 0.244 e. The molecule has 23 heavy (non-hydrogen) atoms. The summed E-state index contributed by atoms with van der Waals surface area (Å²) in [5.74, 6) is -0.178. The Morgan fingerprint density at radius 1 is 1.26 bits per heavy atom. The van der Waals surface area contributed by atoms with E-state index in [1.165, 1.54) is 6.08 Å². The van der Waals surface area contributed by atoms with Gasteiger partial charge in [0.2, 0.25) is 5.91 Å². The summed E-state index contributed by atoms with van der Waals surface area (Å²) in [5.41, 5.74) is 8.49. The Morgan fingerprint density at radius 3 is 2.87 bits per heavy atom. The van der Waals surface area contributed by atoms with E-state index in [2.05, 4.69) is 15.3 Å². The van der Waals surface area contributed by atoms with E-state index in [1.807, 2.05) is 48.7 Å². The van der Waals surface area contributed by atoms with Gasteiger partial charge in [-0.3, -0.25) is 4.79 Å². The van der Waals surface area contributed by atoms with Crippen LogP contribution < -0.4 is 11.1 Å². The lowest BCUT2D eigenvalue weighted by Gasteiger charge is -2.15. The van der Waals surface area contributed by atoms with E-state index < -0.39 is 0 Å². The van der Waals surface area contributed by atoms with Crippen molar-refractivity contribution in [2.24, 2.45) is 5.73 Å². The fourth-order valence-electron chi connectivity index (χ4n) is 2.46. The van der Waals surface area contributed by atoms with Crippen molar-refractivity contribution >= 4 is 23.0 Å². The molecule has 0 spiro atoms. The minimum atomic E-state index is -0.196. The minimum Gasteiger partial charge on any atom is -0.346 e. The normalized spacial score (nSPS) is 12.6. The third kappa shape index (κ3) is 3.46. The number of fused-ring (bicyclic) bond motifs is 1. The molecule has 3 rings (SSSR count). The van der Waals surface area contributed by atoms with Gasteiger partial charge in [-0.15, -0.1) is 0 Å². The predicted molar refractivity (Wildman–Crippen MR) is 91.5 cm³/mol. The zero-order valence-corrected chi connectivity index (χ0v) is 12.6. The zero-order chi connectivity index (χ0) is 16.1. The van der Waals surface area contributed by atoms with Crippen molar-refractivity contribution in [1.29, 1.82) is 0 Å². The highest BCUT2D eigenvalue weighted by Gasteiger charge is 2.10. The highest BCUT2D eigenvalue weighted by atomic mass is 16.1. The first-order valence-electron chi connectivity index (χ1n) is 7.43. The van der Waals surface area contributed by atoms with Gasteiger partial charge in [-0.1, -0.05) is 30.3 Å². The number of amides is 1. The lowest BCUT2D eigenvalue weighted by atomic mass is 10.1. The molecule has 0 saturated heterocycles. The maximum absolute atomic E-state index is 12.1. The van der Waals surface area contributed by atoms with Gasteiger partial charge in [-0.25, -0.2) is 4.98 Å². The van der Waals surface area contributed by atoms with Gasteiger partial charge >= 0.3 is 0 Å². The van der Waals surface area contributed by atoms with Crippen LogP contribution in [0.5, 0.6) is 0 Å². The van der Waals surface area contributed by atoms with E-state index in [1.54, 1.807) is 12.3 Å². The van der Waals surface area contributed by atoms with Crippen LogP contribution in [-0.4, -0.2) is 22.4 Å². The van der Waals surface area contributed by atoms with Crippen molar-refractivity contribution in [3.05, 3.63) is 72.1 Å². The summed E-state index contributed by atoms with van der Waals surface area (Å²) in [6, 6.07) is 13.3. The molecular formula is C18H18N4O. The molecule has 4 N–H and O–H groups in total. The monoisotopic (exact) mass is 306 g/mol. The number of hydrogen-bond acceptors (Lipinski definition) is 3. The highest BCUT2D eigenvalue weighted by Crippen LogP contribution is 2.17. The average molecular weight is 306 g/mol. The Labute approximate surface area is 134 Å². The molecule has 0 aliphatic carbocycles. The van der Waals surface area contributed by atoms with Crippen LogP contribution in [0.4, 0.5) is 0 Å². The van der Waals surface area contributed by atoms with Crippen molar-refractivity contribution in [2.45, 2.75) is 6.04 Å². The van der Waals surface area contributed by atoms with Crippen LogP contribution in [0, 0.1) is 0 Å². The molecule has 0 aliphatic heterocycles. The third-order valence-electron chi connectivity index (χ3n) is 3.65. The number of aromatic amines is 1. The second-order valence-corrected chi connectivity index (χ2v) is 5.18. The summed E-state index contributed by atoms with van der Waals surface area (Å²) in [6.45, 7) is 0.348. The van der Waals surface area contributed by atoms with Gasteiger partial charge in [0.25, 0.3) is 0 Å². The Kier molecular flexibility index (Phi) is 4.49. The van der Waals surface area contributed by atoms with Gasteiger partial charge in [-0.05, 0) is 23.8 Å². The topological polar surface area (TPSA) is 83.8 Å². The molecule has 3 aromatic rings. The molecule has 116 valence electrons. The zero-order valence-electron chi connectivity index (χ0n) is 12.6. The summed E-state index contributed by atoms with van der Waals surface area (Å²) in [7, 11) is 0. The number of nitrogens with two attached hydrogens (primary N) is 1. The molecule has 2 aromatic heterocycles. The smallest absolute Gasteiger partial charge is 0.244 e. The van der Waals surface area contributed by atoms with Crippen LogP contribution in [-0.2, 0) is 4.79 Å². The van der Waals surface area contributed by atoms with Gasteiger partial charge in [0.15, 0.2) is 0 Å². The first-order chi connectivity index (χ1) is 11.3. The average Bonchev–Trinajstić information content (AvgIpc) is 3.02. The molecule has 0 saturated carbocycles. The number of benzene rings is 1. The SMILES string of the molecule is NC[C@@H](NC(=O)/C=C/c1c[nH]c2ncccc12)c1ccccc1. The van der Waals surface area contributed by atoms with Crippen molar-refractivity contribution in [1.82, 2.24) is 15.3 Å². The number of H-pyrrole nitrogens is 1. The van der Waals surface area contributed by atoms with Crippen LogP contribution in [0.3, 0.4) is 0 Å². The molecule has 0 unspecified atom stereocenters. The molecule has 5 heteroatoms. The summed E-state index contributed by atoms with van der Waals surface area (Å²) in [6.07, 6.45) is 6.85. The maximum atomic E-state index is 12.1. The molecule has 5 nitrogen and oxygen atoms in total. The lowest BCUT2D eigenvalue weighted by molar-refractivity contribution is -0.117. The van der Waals surface area contributed by atoms with Gasteiger partial charge in [0, 0.05) is 36.0 Å². The van der Waals surface area contributed by atoms with E-state index in [-0.39, 0.29) is 11.9 Å². The molecule has 0 bridgehead atoms. The number of aromatic nitrogens is 2. The number of nitrogens with zero attached hydrogens (tertiary/aromatic N) is 1. The Hall–Kier alpha value is -2.92. The van der Waals surface area contributed by atoms with Crippen LogP contribution in [0.25, 0.3) is 17.1 Å². The second-order valence-electron chi connectivity index (χ2n) is 5.18. The molecule has 1 atom stereocenters. The summed E-state index contributed by atoms with van der Waals surface area (Å²) >= 11 is 0. The Morgan fingerprint density at radius 2 is 2.09 bits per heavy atom. The van der Waals surface area contributed by atoms with Gasteiger partial charge in [0.05, 0.1) is 6.04 Å². The van der Waals surface area contributed by atoms with Gasteiger partial charge in [0.1, 0.15) is 5.65 Å². The number of pyridine rings is 1. The highest BCUT2D eigenvalue weighted by molar-refractivity contribution is 5.95. The fourth-order valence-corrected chi connectivity index (χ4v) is 2.46. The third-order valence-corrected chi connectivity index (χ3v) is 3.65. The van der Waals surface area contributed by atoms with Gasteiger partial charge < -0.3 is 16.0 Å². The van der Waals surface area contributed by atoms with Crippen LogP contribution >= 0.6 is 0 Å². The van der Waals surface area contributed by atoms with Crippen molar-refractivity contribution < 1.29 is 4.79 Å². The molecule has 0 aliphatic rings. The predicted octanol–water partition coefficient (Wildman–Crippen LogP) is 2.39. The Balaban J connectivity index is 1.71. The number of carbonyl (C=O) groups is 1. The van der Waals surface area contributed by atoms with E-state index in [0.717, 1.165) is 22.2 Å². The largest absolute Gasteiger partial charge is 0.346 e. The summed E-state index contributed by atoms with van der Waals surface area (Å²) in [5, 5.41) is 3.90. The van der Waals surface area contributed by atoms with Gasteiger partial charge in [-0.2, -0.15) is 0 Å². The van der Waals surface area contributed by atoms with E-state index in [9.17, 15) is 4.79 Å². The Bertz CT molecular complexity index is 823. The second kappa shape index (κ2) is 6.89. The fraction of sp³-hybridized carbons (Fsp3) is 0.111. The number of carbonyl (C=O) groups excluding carboxylic acids is 1. The van der Waals surface area contributed by atoms with Crippen molar-refractivity contribution in [2.75, 3.05) is 6.54 Å². The molecule has 1 aromatic carbocycles. The first-order valence-corrected chi connectivity index (χ1v) is 7.43. The molecule has 0 fully saturated rings. The number of rotatable bonds is 5. The quantitative estimate of drug-likeness (QED) is 0.633. The molecule has 1 amide bonds. The molecule has 0 radical (unpaired) electrons. The van der Waals surface area contributed by atoms with E-state index in [0.29, 0.717) is 6.54 Å². The number of nitrogens with one attached hydrogen (secondary N) is 2. The van der Waals surface area contributed by atoms with Crippen molar-refractivity contribution in [3.8, 4) is 0 Å². The number of hydrogen-bond donors (Lipinski definition) is 3.